The Morgan fingerprint density at radius 2 is 2.12 bits per heavy atom. The molecule has 0 N–H and O–H groups in total. The first-order chi connectivity index (χ1) is 8.38. The predicted molar refractivity (Wildman–Crippen MR) is 69.4 cm³/mol. The molecule has 0 radical (unpaired) electrons. The zero-order chi connectivity index (χ0) is 11.7. The van der Waals surface area contributed by atoms with Gasteiger partial charge in [-0.3, -0.25) is 0 Å². The van der Waals surface area contributed by atoms with Gasteiger partial charge in [0.2, 0.25) is 5.88 Å². The van der Waals surface area contributed by atoms with Gasteiger partial charge >= 0.3 is 0 Å². The van der Waals surface area contributed by atoms with Crippen LogP contribution in [0, 0.1) is 0 Å². The quantitative estimate of drug-likeness (QED) is 0.691. The molecule has 0 bridgehead atoms. The van der Waals surface area contributed by atoms with Crippen molar-refractivity contribution in [2.75, 3.05) is 7.11 Å². The van der Waals surface area contributed by atoms with E-state index >= 15 is 0 Å². The standard InChI is InChI=1S/C13H10N2OS/c1-16-13-11(10-7-14-17-8-10)6-9-4-2-3-5-12(9)15-13/h2-8H,1H3. The second-order valence-corrected chi connectivity index (χ2v) is 4.31. The maximum Gasteiger partial charge on any atom is 0.221 e. The minimum atomic E-state index is 0.643. The van der Waals surface area contributed by atoms with Gasteiger partial charge in [0.05, 0.1) is 12.6 Å². The molecule has 84 valence electrons. The lowest BCUT2D eigenvalue weighted by atomic mass is 10.1. The van der Waals surface area contributed by atoms with Crippen molar-refractivity contribution in [1.82, 2.24) is 9.36 Å². The molecule has 0 amide bonds. The highest BCUT2D eigenvalue weighted by Crippen LogP contribution is 2.31. The summed E-state index contributed by atoms with van der Waals surface area (Å²) in [5.74, 6) is 0.643. The monoisotopic (exact) mass is 242 g/mol. The van der Waals surface area contributed by atoms with Crippen molar-refractivity contribution in [2.45, 2.75) is 0 Å². The highest BCUT2D eigenvalue weighted by molar-refractivity contribution is 7.03. The fraction of sp³-hybridized carbons (Fsp3) is 0.0769. The summed E-state index contributed by atoms with van der Waals surface area (Å²) in [5.41, 5.74) is 2.97. The highest BCUT2D eigenvalue weighted by Gasteiger charge is 2.10. The van der Waals surface area contributed by atoms with Crippen LogP contribution in [-0.4, -0.2) is 16.5 Å². The van der Waals surface area contributed by atoms with E-state index in [4.69, 9.17) is 4.74 Å². The molecule has 0 fully saturated rings. The normalized spacial score (nSPS) is 10.6. The number of aromatic nitrogens is 2. The first-order valence-corrected chi connectivity index (χ1v) is 6.05. The molecule has 3 aromatic rings. The summed E-state index contributed by atoms with van der Waals surface area (Å²) in [6.07, 6.45) is 1.83. The third-order valence-corrected chi connectivity index (χ3v) is 3.21. The lowest BCUT2D eigenvalue weighted by Crippen LogP contribution is -1.92. The van der Waals surface area contributed by atoms with E-state index in [9.17, 15) is 0 Å². The molecule has 0 aliphatic carbocycles. The first-order valence-electron chi connectivity index (χ1n) is 5.22. The lowest BCUT2D eigenvalue weighted by molar-refractivity contribution is 0.401. The van der Waals surface area contributed by atoms with Gasteiger partial charge in [0.25, 0.3) is 0 Å². The summed E-state index contributed by atoms with van der Waals surface area (Å²) in [6.45, 7) is 0. The van der Waals surface area contributed by atoms with Gasteiger partial charge in [-0.05, 0) is 23.7 Å². The molecular formula is C13H10N2OS. The minimum Gasteiger partial charge on any atom is -0.481 e. The van der Waals surface area contributed by atoms with Crippen molar-refractivity contribution in [2.24, 2.45) is 0 Å². The van der Waals surface area contributed by atoms with Crippen LogP contribution in [0.2, 0.25) is 0 Å². The number of para-hydroxylation sites is 1. The van der Waals surface area contributed by atoms with Gasteiger partial charge in [-0.15, -0.1) is 0 Å². The van der Waals surface area contributed by atoms with E-state index in [1.807, 2.05) is 35.8 Å². The van der Waals surface area contributed by atoms with E-state index < -0.39 is 0 Å². The zero-order valence-corrected chi connectivity index (χ0v) is 10.1. The Morgan fingerprint density at radius 3 is 2.88 bits per heavy atom. The Bertz CT molecular complexity index is 650. The largest absolute Gasteiger partial charge is 0.481 e. The van der Waals surface area contributed by atoms with Crippen LogP contribution in [0.25, 0.3) is 22.0 Å². The number of ether oxygens (including phenoxy) is 1. The van der Waals surface area contributed by atoms with Gasteiger partial charge in [0.1, 0.15) is 0 Å². The van der Waals surface area contributed by atoms with Crippen LogP contribution < -0.4 is 4.74 Å². The minimum absolute atomic E-state index is 0.643. The maximum atomic E-state index is 5.34. The van der Waals surface area contributed by atoms with E-state index in [1.165, 1.54) is 11.5 Å². The molecule has 0 atom stereocenters. The Hall–Kier alpha value is -1.94. The first kappa shape index (κ1) is 10.2. The van der Waals surface area contributed by atoms with Crippen LogP contribution >= 0.6 is 11.5 Å². The van der Waals surface area contributed by atoms with Crippen molar-refractivity contribution in [3.05, 3.63) is 41.9 Å². The Kier molecular flexibility index (Phi) is 2.49. The molecule has 0 aliphatic rings. The average molecular weight is 242 g/mol. The van der Waals surface area contributed by atoms with Gasteiger partial charge < -0.3 is 4.74 Å². The van der Waals surface area contributed by atoms with Crippen molar-refractivity contribution in [3.63, 3.8) is 0 Å². The van der Waals surface area contributed by atoms with Gasteiger partial charge in [-0.2, -0.15) is 0 Å². The fourth-order valence-electron chi connectivity index (χ4n) is 1.80. The summed E-state index contributed by atoms with van der Waals surface area (Å²) in [7, 11) is 1.64. The van der Waals surface area contributed by atoms with Crippen molar-refractivity contribution >= 4 is 22.4 Å². The molecule has 3 nitrogen and oxygen atoms in total. The Labute approximate surface area is 103 Å². The molecule has 0 saturated heterocycles. The van der Waals surface area contributed by atoms with E-state index in [0.29, 0.717) is 5.88 Å². The number of hydrogen-bond acceptors (Lipinski definition) is 4. The Balaban J connectivity index is 2.29. The van der Waals surface area contributed by atoms with Gasteiger partial charge in [0, 0.05) is 28.1 Å². The summed E-state index contributed by atoms with van der Waals surface area (Å²) >= 11 is 1.43. The molecular weight excluding hydrogens is 232 g/mol. The number of benzene rings is 1. The maximum absolute atomic E-state index is 5.34. The van der Waals surface area contributed by atoms with Crippen LogP contribution in [0.5, 0.6) is 5.88 Å². The van der Waals surface area contributed by atoms with Gasteiger partial charge in [-0.25, -0.2) is 9.36 Å². The fourth-order valence-corrected chi connectivity index (χ4v) is 2.34. The summed E-state index contributed by atoms with van der Waals surface area (Å²) < 4.78 is 9.46. The topological polar surface area (TPSA) is 35.0 Å². The van der Waals surface area contributed by atoms with E-state index in [2.05, 4.69) is 15.4 Å². The van der Waals surface area contributed by atoms with E-state index in [0.717, 1.165) is 22.0 Å². The molecule has 2 aromatic heterocycles. The van der Waals surface area contributed by atoms with Crippen molar-refractivity contribution in [1.29, 1.82) is 0 Å². The number of pyridine rings is 1. The SMILES string of the molecule is COc1nc2ccccc2cc1-c1cnsc1. The number of fused-ring (bicyclic) bond motifs is 1. The predicted octanol–water partition coefficient (Wildman–Crippen LogP) is 3.37. The van der Waals surface area contributed by atoms with Crippen molar-refractivity contribution < 1.29 is 4.74 Å². The van der Waals surface area contributed by atoms with Crippen LogP contribution in [0.4, 0.5) is 0 Å². The Morgan fingerprint density at radius 1 is 1.24 bits per heavy atom. The van der Waals surface area contributed by atoms with Crippen LogP contribution in [0.15, 0.2) is 41.9 Å². The van der Waals surface area contributed by atoms with Crippen LogP contribution in [-0.2, 0) is 0 Å². The molecule has 17 heavy (non-hydrogen) atoms. The molecule has 2 heterocycles. The number of nitrogens with zero attached hydrogens (tertiary/aromatic N) is 2. The number of rotatable bonds is 2. The highest BCUT2D eigenvalue weighted by atomic mass is 32.1. The van der Waals surface area contributed by atoms with E-state index in [-0.39, 0.29) is 0 Å². The third-order valence-electron chi connectivity index (χ3n) is 2.63. The molecule has 0 saturated carbocycles. The summed E-state index contributed by atoms with van der Waals surface area (Å²) in [6, 6.07) is 10.1. The van der Waals surface area contributed by atoms with Crippen LogP contribution in [0.1, 0.15) is 0 Å². The molecule has 0 unspecified atom stereocenters. The zero-order valence-electron chi connectivity index (χ0n) is 9.25. The van der Waals surface area contributed by atoms with Crippen LogP contribution in [0.3, 0.4) is 0 Å². The second kappa shape index (κ2) is 4.14. The lowest BCUT2D eigenvalue weighted by Gasteiger charge is -2.07. The molecule has 3 rings (SSSR count). The number of hydrogen-bond donors (Lipinski definition) is 0. The van der Waals surface area contributed by atoms with Gasteiger partial charge in [-0.1, -0.05) is 18.2 Å². The molecule has 0 spiro atoms. The molecule has 0 aliphatic heterocycles. The third kappa shape index (κ3) is 1.76. The van der Waals surface area contributed by atoms with Crippen molar-refractivity contribution in [3.8, 4) is 17.0 Å². The summed E-state index contributed by atoms with van der Waals surface area (Å²) in [4.78, 5) is 4.50. The van der Waals surface area contributed by atoms with E-state index in [1.54, 1.807) is 7.11 Å². The smallest absolute Gasteiger partial charge is 0.221 e. The number of methoxy groups -OCH3 is 1. The molecule has 4 heteroatoms. The molecule has 1 aromatic carbocycles. The second-order valence-electron chi connectivity index (χ2n) is 3.65. The average Bonchev–Trinajstić information content (AvgIpc) is 2.91. The van der Waals surface area contributed by atoms with Gasteiger partial charge in [0.15, 0.2) is 0 Å². The summed E-state index contributed by atoms with van der Waals surface area (Å²) in [5, 5.41) is 3.10.